The summed E-state index contributed by atoms with van der Waals surface area (Å²) in [5.74, 6) is -0.109. The van der Waals surface area contributed by atoms with Gasteiger partial charge in [-0.05, 0) is 24.6 Å². The molecule has 0 aliphatic carbocycles. The zero-order chi connectivity index (χ0) is 11.7. The first-order chi connectivity index (χ1) is 7.65. The maximum atomic E-state index is 11.6. The van der Waals surface area contributed by atoms with Crippen LogP contribution in [0, 0.1) is 11.3 Å². The highest BCUT2D eigenvalue weighted by atomic mass is 16.2. The van der Waals surface area contributed by atoms with Gasteiger partial charge in [-0.2, -0.15) is 5.26 Å². The first kappa shape index (κ1) is 10.4. The van der Waals surface area contributed by atoms with Crippen molar-refractivity contribution in [1.29, 1.82) is 5.26 Å². The number of rotatable bonds is 0. The van der Waals surface area contributed by atoms with Crippen LogP contribution in [0.4, 0.5) is 5.69 Å². The minimum absolute atomic E-state index is 0.109. The van der Waals surface area contributed by atoms with Gasteiger partial charge in [-0.1, -0.05) is 18.2 Å². The molecule has 3 heteroatoms. The van der Waals surface area contributed by atoms with Crippen molar-refractivity contribution in [3.8, 4) is 6.07 Å². The maximum absolute atomic E-state index is 11.6. The molecule has 0 bridgehead atoms. The smallest absolute Gasteiger partial charge is 0.225 e. The van der Waals surface area contributed by atoms with Crippen LogP contribution in [0.25, 0.3) is 5.57 Å². The third-order valence-corrected chi connectivity index (χ3v) is 2.75. The van der Waals surface area contributed by atoms with Gasteiger partial charge in [0.05, 0.1) is 11.8 Å². The molecule has 1 aliphatic rings. The third kappa shape index (κ3) is 1.49. The molecule has 80 valence electrons. The standard InChI is InChI=1S/C13H12N2O/c1-9-7-11(8-14)15(10(2)16)13-6-4-3-5-12(9)13/h3-7,11H,1-2H3. The predicted molar refractivity (Wildman–Crippen MR) is 62.7 cm³/mol. The summed E-state index contributed by atoms with van der Waals surface area (Å²) in [7, 11) is 0. The molecule has 0 fully saturated rings. The zero-order valence-electron chi connectivity index (χ0n) is 9.27. The molecule has 1 unspecified atom stereocenters. The van der Waals surface area contributed by atoms with Crippen molar-refractivity contribution in [3.63, 3.8) is 0 Å². The van der Waals surface area contributed by atoms with Crippen LogP contribution in [-0.4, -0.2) is 11.9 Å². The summed E-state index contributed by atoms with van der Waals surface area (Å²) in [5.41, 5.74) is 2.88. The largest absolute Gasteiger partial charge is 0.292 e. The summed E-state index contributed by atoms with van der Waals surface area (Å²) in [4.78, 5) is 13.1. The topological polar surface area (TPSA) is 44.1 Å². The zero-order valence-corrected chi connectivity index (χ0v) is 9.27. The highest BCUT2D eigenvalue weighted by Gasteiger charge is 2.27. The fraction of sp³-hybridized carbons (Fsp3) is 0.231. The summed E-state index contributed by atoms with van der Waals surface area (Å²) in [6, 6.07) is 9.29. The van der Waals surface area contributed by atoms with Gasteiger partial charge in [-0.3, -0.25) is 9.69 Å². The van der Waals surface area contributed by atoms with E-state index in [1.54, 1.807) is 0 Å². The van der Waals surface area contributed by atoms with Crippen LogP contribution < -0.4 is 4.90 Å². The molecule has 1 amide bonds. The number of benzene rings is 1. The number of nitriles is 1. The Bertz CT molecular complexity index is 511. The number of anilines is 1. The SMILES string of the molecule is CC(=O)N1c2ccccc2C(C)=CC1C#N. The van der Waals surface area contributed by atoms with Gasteiger partial charge >= 0.3 is 0 Å². The van der Waals surface area contributed by atoms with Crippen molar-refractivity contribution in [1.82, 2.24) is 0 Å². The van der Waals surface area contributed by atoms with Crippen molar-refractivity contribution in [2.45, 2.75) is 19.9 Å². The molecule has 1 heterocycles. The van der Waals surface area contributed by atoms with E-state index in [-0.39, 0.29) is 5.91 Å². The Morgan fingerprint density at radius 3 is 2.75 bits per heavy atom. The summed E-state index contributed by atoms with van der Waals surface area (Å²) in [5, 5.41) is 9.07. The number of carbonyl (C=O) groups is 1. The van der Waals surface area contributed by atoms with Gasteiger partial charge in [0.1, 0.15) is 6.04 Å². The molecule has 1 atom stereocenters. The average molecular weight is 212 g/mol. The van der Waals surface area contributed by atoms with E-state index < -0.39 is 6.04 Å². The molecule has 0 saturated heterocycles. The van der Waals surface area contributed by atoms with Crippen molar-refractivity contribution < 1.29 is 4.79 Å². The fourth-order valence-electron chi connectivity index (χ4n) is 2.03. The lowest BCUT2D eigenvalue weighted by Gasteiger charge is -2.31. The van der Waals surface area contributed by atoms with E-state index in [9.17, 15) is 4.79 Å². The number of allylic oxidation sites excluding steroid dienone is 1. The minimum Gasteiger partial charge on any atom is -0.292 e. The number of fused-ring (bicyclic) bond motifs is 1. The van der Waals surface area contributed by atoms with Crippen molar-refractivity contribution >= 4 is 17.2 Å². The average Bonchev–Trinajstić information content (AvgIpc) is 2.28. The van der Waals surface area contributed by atoms with Crippen molar-refractivity contribution in [3.05, 3.63) is 35.9 Å². The van der Waals surface area contributed by atoms with Crippen molar-refractivity contribution in [2.24, 2.45) is 0 Å². The number of amides is 1. The molecular weight excluding hydrogens is 200 g/mol. The second-order valence-corrected chi connectivity index (χ2v) is 3.83. The maximum Gasteiger partial charge on any atom is 0.225 e. The Hall–Kier alpha value is -2.08. The highest BCUT2D eigenvalue weighted by Crippen LogP contribution is 2.33. The van der Waals surface area contributed by atoms with Crippen LogP contribution in [0.1, 0.15) is 19.4 Å². The summed E-state index contributed by atoms with van der Waals surface area (Å²) >= 11 is 0. The van der Waals surface area contributed by atoms with Crippen LogP contribution in [0.2, 0.25) is 0 Å². The number of hydrogen-bond donors (Lipinski definition) is 0. The number of para-hydroxylation sites is 1. The van der Waals surface area contributed by atoms with Gasteiger partial charge in [-0.25, -0.2) is 0 Å². The molecule has 3 nitrogen and oxygen atoms in total. The predicted octanol–water partition coefficient (Wildman–Crippen LogP) is 2.35. The van der Waals surface area contributed by atoms with Crippen LogP contribution in [0.15, 0.2) is 30.3 Å². The lowest BCUT2D eigenvalue weighted by atomic mass is 9.96. The summed E-state index contributed by atoms with van der Waals surface area (Å²) in [6.07, 6.45) is 1.82. The van der Waals surface area contributed by atoms with Gasteiger partial charge in [0, 0.05) is 12.5 Å². The van der Waals surface area contributed by atoms with Gasteiger partial charge in [-0.15, -0.1) is 0 Å². The summed E-state index contributed by atoms with van der Waals surface area (Å²) in [6.45, 7) is 3.44. The fourth-order valence-corrected chi connectivity index (χ4v) is 2.03. The van der Waals surface area contributed by atoms with E-state index in [1.807, 2.05) is 37.3 Å². The van der Waals surface area contributed by atoms with Crippen LogP contribution in [-0.2, 0) is 4.79 Å². The lowest BCUT2D eigenvalue weighted by Crippen LogP contribution is -2.39. The number of nitrogens with zero attached hydrogens (tertiary/aromatic N) is 2. The first-order valence-corrected chi connectivity index (χ1v) is 5.12. The van der Waals surface area contributed by atoms with Gasteiger partial charge in [0.15, 0.2) is 0 Å². The quantitative estimate of drug-likeness (QED) is 0.662. The van der Waals surface area contributed by atoms with Crippen LogP contribution >= 0.6 is 0 Å². The van der Waals surface area contributed by atoms with Gasteiger partial charge in [0.25, 0.3) is 0 Å². The number of carbonyl (C=O) groups excluding carboxylic acids is 1. The molecule has 0 saturated carbocycles. The van der Waals surface area contributed by atoms with Gasteiger partial charge in [0.2, 0.25) is 5.91 Å². The minimum atomic E-state index is -0.493. The van der Waals surface area contributed by atoms with E-state index >= 15 is 0 Å². The van der Waals surface area contributed by atoms with E-state index in [2.05, 4.69) is 6.07 Å². The third-order valence-electron chi connectivity index (χ3n) is 2.75. The van der Waals surface area contributed by atoms with E-state index in [0.717, 1.165) is 16.8 Å². The molecular formula is C13H12N2O. The van der Waals surface area contributed by atoms with Gasteiger partial charge < -0.3 is 0 Å². The molecule has 0 N–H and O–H groups in total. The lowest BCUT2D eigenvalue weighted by molar-refractivity contribution is -0.116. The second kappa shape index (κ2) is 3.82. The van der Waals surface area contributed by atoms with E-state index in [4.69, 9.17) is 5.26 Å². The Labute approximate surface area is 94.6 Å². The monoisotopic (exact) mass is 212 g/mol. The second-order valence-electron chi connectivity index (χ2n) is 3.83. The molecule has 0 spiro atoms. The van der Waals surface area contributed by atoms with Crippen LogP contribution in [0.3, 0.4) is 0 Å². The Morgan fingerprint density at radius 2 is 2.12 bits per heavy atom. The normalized spacial score (nSPS) is 18.4. The van der Waals surface area contributed by atoms with Crippen molar-refractivity contribution in [2.75, 3.05) is 4.90 Å². The van der Waals surface area contributed by atoms with Crippen LogP contribution in [0.5, 0.6) is 0 Å². The molecule has 1 aromatic carbocycles. The molecule has 0 radical (unpaired) electrons. The Kier molecular flexibility index (Phi) is 2.49. The molecule has 2 rings (SSSR count). The molecule has 16 heavy (non-hydrogen) atoms. The summed E-state index contributed by atoms with van der Waals surface area (Å²) < 4.78 is 0. The highest BCUT2D eigenvalue weighted by molar-refractivity contribution is 5.98. The van der Waals surface area contributed by atoms with E-state index in [1.165, 1.54) is 11.8 Å². The molecule has 1 aliphatic heterocycles. The molecule has 0 aromatic heterocycles. The first-order valence-electron chi connectivity index (χ1n) is 5.12. The Balaban J connectivity index is 2.63. The molecule has 1 aromatic rings. The Morgan fingerprint density at radius 1 is 1.44 bits per heavy atom. The number of hydrogen-bond acceptors (Lipinski definition) is 2. The van der Waals surface area contributed by atoms with E-state index in [0.29, 0.717) is 0 Å².